The molecule has 0 saturated heterocycles. The van der Waals surface area contributed by atoms with Gasteiger partial charge in [-0.2, -0.15) is 0 Å². The van der Waals surface area contributed by atoms with E-state index in [4.69, 9.17) is 4.74 Å². The molecular formula is C23H22FN3O. The summed E-state index contributed by atoms with van der Waals surface area (Å²) in [6.45, 7) is 1.57. The summed E-state index contributed by atoms with van der Waals surface area (Å²) in [5.41, 5.74) is 4.36. The van der Waals surface area contributed by atoms with Gasteiger partial charge in [-0.15, -0.1) is 0 Å². The van der Waals surface area contributed by atoms with Gasteiger partial charge in [0.2, 0.25) is 0 Å². The van der Waals surface area contributed by atoms with Gasteiger partial charge in [0.25, 0.3) is 0 Å². The van der Waals surface area contributed by atoms with Gasteiger partial charge in [-0.1, -0.05) is 6.07 Å². The number of halogens is 1. The average molecular weight is 375 g/mol. The Morgan fingerprint density at radius 2 is 2.14 bits per heavy atom. The third kappa shape index (κ3) is 3.22. The third-order valence-electron chi connectivity index (χ3n) is 5.50. The number of H-pyrrole nitrogens is 1. The summed E-state index contributed by atoms with van der Waals surface area (Å²) in [4.78, 5) is 7.62. The molecule has 0 amide bonds. The summed E-state index contributed by atoms with van der Waals surface area (Å²) in [5, 5.41) is 5.68. The van der Waals surface area contributed by atoms with E-state index >= 15 is 0 Å². The molecule has 2 aromatic carbocycles. The van der Waals surface area contributed by atoms with Crippen molar-refractivity contribution in [2.45, 2.75) is 25.3 Å². The number of fused-ring (bicyclic) bond motifs is 4. The summed E-state index contributed by atoms with van der Waals surface area (Å²) >= 11 is 0. The second-order valence-electron chi connectivity index (χ2n) is 7.40. The van der Waals surface area contributed by atoms with E-state index in [1.54, 1.807) is 12.1 Å². The van der Waals surface area contributed by atoms with Crippen LogP contribution >= 0.6 is 0 Å². The number of hydrogen-bond acceptors (Lipinski definition) is 3. The summed E-state index contributed by atoms with van der Waals surface area (Å²) in [7, 11) is 0. The van der Waals surface area contributed by atoms with E-state index in [9.17, 15) is 4.39 Å². The first kappa shape index (κ1) is 17.2. The minimum absolute atomic E-state index is 0.188. The van der Waals surface area contributed by atoms with Gasteiger partial charge in [0.15, 0.2) is 0 Å². The van der Waals surface area contributed by atoms with Crippen molar-refractivity contribution in [1.29, 1.82) is 0 Å². The van der Waals surface area contributed by atoms with Crippen molar-refractivity contribution < 1.29 is 9.13 Å². The van der Waals surface area contributed by atoms with Gasteiger partial charge >= 0.3 is 0 Å². The zero-order valence-corrected chi connectivity index (χ0v) is 15.5. The molecule has 142 valence electrons. The minimum Gasteiger partial charge on any atom is -0.491 e. The van der Waals surface area contributed by atoms with E-state index in [-0.39, 0.29) is 5.82 Å². The number of aromatic amines is 1. The van der Waals surface area contributed by atoms with Gasteiger partial charge in [0.1, 0.15) is 18.2 Å². The summed E-state index contributed by atoms with van der Waals surface area (Å²) < 4.78 is 19.6. The maximum absolute atomic E-state index is 13.5. The number of nitrogens with one attached hydrogen (secondary N) is 2. The molecule has 3 heterocycles. The van der Waals surface area contributed by atoms with Gasteiger partial charge < -0.3 is 15.0 Å². The van der Waals surface area contributed by atoms with Crippen molar-refractivity contribution in [3.63, 3.8) is 0 Å². The molecule has 4 aromatic rings. The number of aromatic nitrogens is 2. The molecule has 5 rings (SSSR count). The van der Waals surface area contributed by atoms with Crippen molar-refractivity contribution in [3.05, 3.63) is 71.8 Å². The largest absolute Gasteiger partial charge is 0.491 e. The lowest BCUT2D eigenvalue weighted by atomic mass is 9.99. The van der Waals surface area contributed by atoms with E-state index in [1.165, 1.54) is 17.2 Å². The maximum atomic E-state index is 13.5. The second-order valence-corrected chi connectivity index (χ2v) is 7.40. The number of rotatable bonds is 5. The Balaban J connectivity index is 1.19. The number of nitrogens with zero attached hydrogens (tertiary/aromatic N) is 1. The molecule has 0 bridgehead atoms. The molecule has 1 aliphatic rings. The zero-order chi connectivity index (χ0) is 18.9. The maximum Gasteiger partial charge on any atom is 0.132 e. The van der Waals surface area contributed by atoms with Crippen LogP contribution in [-0.2, 0) is 12.8 Å². The number of hydrogen-bond donors (Lipinski definition) is 2. The van der Waals surface area contributed by atoms with Crippen LogP contribution in [0.25, 0.3) is 21.8 Å². The van der Waals surface area contributed by atoms with Crippen LogP contribution < -0.4 is 10.1 Å². The lowest BCUT2D eigenvalue weighted by Crippen LogP contribution is -2.39. The molecule has 28 heavy (non-hydrogen) atoms. The van der Waals surface area contributed by atoms with E-state index in [1.807, 2.05) is 18.5 Å². The summed E-state index contributed by atoms with van der Waals surface area (Å²) in [6, 6.07) is 13.4. The minimum atomic E-state index is -0.188. The number of benzene rings is 2. The smallest absolute Gasteiger partial charge is 0.132 e. The van der Waals surface area contributed by atoms with Crippen LogP contribution in [0.4, 0.5) is 4.39 Å². The fourth-order valence-electron chi connectivity index (χ4n) is 4.08. The van der Waals surface area contributed by atoms with Crippen LogP contribution in [0.3, 0.4) is 0 Å². The van der Waals surface area contributed by atoms with Gasteiger partial charge in [-0.25, -0.2) is 4.39 Å². The molecule has 0 spiro atoms. The molecule has 2 aromatic heterocycles. The molecule has 0 saturated carbocycles. The van der Waals surface area contributed by atoms with E-state index in [2.05, 4.69) is 33.5 Å². The third-order valence-corrected chi connectivity index (χ3v) is 5.50. The van der Waals surface area contributed by atoms with Crippen LogP contribution in [0.5, 0.6) is 5.75 Å². The van der Waals surface area contributed by atoms with Crippen molar-refractivity contribution in [2.75, 3.05) is 13.2 Å². The molecule has 4 nitrogen and oxygen atoms in total. The van der Waals surface area contributed by atoms with Crippen LogP contribution in [-0.4, -0.2) is 29.2 Å². The molecule has 0 aliphatic carbocycles. The lowest BCUT2D eigenvalue weighted by Gasteiger charge is -2.27. The highest BCUT2D eigenvalue weighted by molar-refractivity contribution is 5.86. The lowest BCUT2D eigenvalue weighted by molar-refractivity contribution is 0.242. The first-order valence-corrected chi connectivity index (χ1v) is 9.76. The molecule has 0 fully saturated rings. The van der Waals surface area contributed by atoms with Gasteiger partial charge in [0, 0.05) is 34.7 Å². The van der Waals surface area contributed by atoms with Crippen LogP contribution in [0.2, 0.25) is 0 Å². The van der Waals surface area contributed by atoms with Gasteiger partial charge in [0.05, 0.1) is 5.52 Å². The monoisotopic (exact) mass is 375 g/mol. The number of aryl methyl sites for hydroxylation is 1. The molecule has 5 heteroatoms. The van der Waals surface area contributed by atoms with Gasteiger partial charge in [-0.3, -0.25) is 4.98 Å². The quantitative estimate of drug-likeness (QED) is 0.509. The summed E-state index contributed by atoms with van der Waals surface area (Å²) in [6.07, 6.45) is 6.66. The first-order valence-electron chi connectivity index (χ1n) is 9.76. The van der Waals surface area contributed by atoms with Crippen LogP contribution in [0, 0.1) is 5.82 Å². The van der Waals surface area contributed by atoms with Crippen molar-refractivity contribution >= 4 is 21.8 Å². The van der Waals surface area contributed by atoms with E-state index in [0.717, 1.165) is 53.4 Å². The Kier molecular flexibility index (Phi) is 4.45. The van der Waals surface area contributed by atoms with E-state index in [0.29, 0.717) is 12.6 Å². The first-order chi connectivity index (χ1) is 13.8. The zero-order valence-electron chi connectivity index (χ0n) is 15.5. The predicted molar refractivity (Wildman–Crippen MR) is 109 cm³/mol. The highest BCUT2D eigenvalue weighted by Crippen LogP contribution is 2.32. The summed E-state index contributed by atoms with van der Waals surface area (Å²) in [5.74, 6) is 0.789. The fourth-order valence-corrected chi connectivity index (χ4v) is 4.08. The van der Waals surface area contributed by atoms with E-state index < -0.39 is 0 Å². The van der Waals surface area contributed by atoms with Crippen molar-refractivity contribution in [3.8, 4) is 5.75 Å². The number of pyridine rings is 1. The molecule has 0 unspecified atom stereocenters. The topological polar surface area (TPSA) is 49.9 Å². The standard InChI is InChI=1S/C23H22FN3O/c24-17-6-8-22-20(12-17)16(13-27-22)3-1-9-25-18-11-15-5-7-21-19(4-2-10-26-21)23(15)28-14-18/h2,4-8,10,12-13,18,25,27H,1,3,9,11,14H2/t18-/m1/s1. The Bertz CT molecular complexity index is 1140. The highest BCUT2D eigenvalue weighted by Gasteiger charge is 2.21. The SMILES string of the molecule is Fc1ccc2[nH]cc(CCCN[C@H]3COc4c(ccc5ncccc45)C3)c2c1. The van der Waals surface area contributed by atoms with Crippen molar-refractivity contribution in [1.82, 2.24) is 15.3 Å². The Morgan fingerprint density at radius 3 is 3.11 bits per heavy atom. The predicted octanol–water partition coefficient (Wildman–Crippen LogP) is 4.38. The normalized spacial score (nSPS) is 16.2. The molecule has 0 radical (unpaired) electrons. The second kappa shape index (κ2) is 7.24. The highest BCUT2D eigenvalue weighted by atomic mass is 19.1. The molecule has 1 atom stereocenters. The Morgan fingerprint density at radius 1 is 1.18 bits per heavy atom. The van der Waals surface area contributed by atoms with Crippen molar-refractivity contribution in [2.24, 2.45) is 0 Å². The molecular weight excluding hydrogens is 353 g/mol. The molecule has 1 aliphatic heterocycles. The number of ether oxygens (including phenoxy) is 1. The Labute approximate surface area is 162 Å². The van der Waals surface area contributed by atoms with Gasteiger partial charge in [-0.05, 0) is 73.3 Å². The van der Waals surface area contributed by atoms with Crippen LogP contribution in [0.1, 0.15) is 17.5 Å². The average Bonchev–Trinajstić information content (AvgIpc) is 3.13. The molecule has 2 N–H and O–H groups in total. The fraction of sp³-hybridized carbons (Fsp3) is 0.261. The Hall–Kier alpha value is -2.92. The van der Waals surface area contributed by atoms with Crippen LogP contribution in [0.15, 0.2) is 54.9 Å².